The van der Waals surface area contributed by atoms with Crippen LogP contribution >= 0.6 is 0 Å². The van der Waals surface area contributed by atoms with E-state index in [1.54, 1.807) is 0 Å². The molecule has 0 aliphatic carbocycles. The van der Waals surface area contributed by atoms with E-state index >= 15 is 0 Å². The number of ether oxygens (including phenoxy) is 2. The molecule has 0 bridgehead atoms. The molecule has 0 radical (unpaired) electrons. The van der Waals surface area contributed by atoms with Crippen molar-refractivity contribution in [2.75, 3.05) is 14.2 Å². The Balaban J connectivity index is -0.000000143. The van der Waals surface area contributed by atoms with E-state index in [0.29, 0.717) is 0 Å². The number of hydrogen-bond donors (Lipinski definition) is 0. The van der Waals surface area contributed by atoms with Crippen LogP contribution in [0.2, 0.25) is 0 Å². The van der Waals surface area contributed by atoms with Gasteiger partial charge in [-0.05, 0) is 0 Å². The van der Waals surface area contributed by atoms with Crippen LogP contribution in [-0.4, -0.2) is 55.7 Å². The maximum atomic E-state index is 9.84. The first-order valence-electron chi connectivity index (χ1n) is 3.03. The summed E-state index contributed by atoms with van der Waals surface area (Å²) in [7, 11) is 2.62. The van der Waals surface area contributed by atoms with E-state index in [4.69, 9.17) is 0 Å². The Hall–Kier alpha value is -0.580. The summed E-state index contributed by atoms with van der Waals surface area (Å²) in [5.41, 5.74) is 0. The van der Waals surface area contributed by atoms with E-state index in [9.17, 15) is 9.59 Å². The molecule has 0 rings (SSSR count). The van der Waals surface area contributed by atoms with Crippen molar-refractivity contribution < 1.29 is 19.1 Å². The Morgan fingerprint density at radius 3 is 1.23 bits per heavy atom. The van der Waals surface area contributed by atoms with E-state index in [0.717, 1.165) is 12.2 Å². The number of carbonyl (C=O) groups excluding carboxylic acids is 2. The third-order valence-corrected chi connectivity index (χ3v) is 0.736. The molecule has 4 nitrogen and oxygen atoms in total. The molecular formula is C8H13NaO4. The summed E-state index contributed by atoms with van der Waals surface area (Å²) in [4.78, 5) is 19.7. The molecule has 0 spiro atoms. The van der Waals surface area contributed by atoms with Gasteiger partial charge in [0.1, 0.15) is 0 Å². The number of methoxy groups -OCH3 is 2. The molecule has 0 saturated carbocycles. The van der Waals surface area contributed by atoms with Gasteiger partial charge >= 0.3 is 41.5 Å². The molecule has 0 amide bonds. The van der Waals surface area contributed by atoms with E-state index in [1.807, 2.05) is 0 Å². The summed E-state index contributed by atoms with van der Waals surface area (Å²) < 4.78 is 8.28. The van der Waals surface area contributed by atoms with Crippen LogP contribution in [0.5, 0.6) is 0 Å². The number of carbonyl (C=O) groups is 2. The van der Waals surface area contributed by atoms with Gasteiger partial charge in [-0.15, -0.1) is 0 Å². The molecule has 0 N–H and O–H groups in total. The third-order valence-electron chi connectivity index (χ3n) is 0.736. The Bertz CT molecular complexity index is 157. The zero-order chi connectivity index (χ0) is 9.98. The van der Waals surface area contributed by atoms with Crippen LogP contribution in [-0.2, 0) is 19.1 Å². The van der Waals surface area contributed by atoms with Gasteiger partial charge < -0.3 is 9.47 Å². The van der Waals surface area contributed by atoms with Crippen molar-refractivity contribution in [1.82, 2.24) is 0 Å². The second kappa shape index (κ2) is 14.0. The summed E-state index contributed by atoms with van der Waals surface area (Å²) in [6.07, 6.45) is 2.22. The van der Waals surface area contributed by atoms with Gasteiger partial charge in [-0.25, -0.2) is 9.59 Å². The monoisotopic (exact) mass is 196 g/mol. The van der Waals surface area contributed by atoms with Crippen LogP contribution in [0.25, 0.3) is 0 Å². The quantitative estimate of drug-likeness (QED) is 0.355. The van der Waals surface area contributed by atoms with Gasteiger partial charge in [0.05, 0.1) is 14.2 Å². The van der Waals surface area contributed by atoms with Gasteiger partial charge in [-0.1, -0.05) is 13.2 Å². The topological polar surface area (TPSA) is 52.6 Å². The molecule has 0 fully saturated rings. The van der Waals surface area contributed by atoms with Crippen molar-refractivity contribution in [3.05, 3.63) is 25.3 Å². The molecule has 0 aromatic carbocycles. The summed E-state index contributed by atoms with van der Waals surface area (Å²) in [6.45, 7) is 6.31. The Morgan fingerprint density at radius 2 is 1.23 bits per heavy atom. The van der Waals surface area contributed by atoms with Crippen molar-refractivity contribution in [2.45, 2.75) is 0 Å². The summed E-state index contributed by atoms with van der Waals surface area (Å²) in [5, 5.41) is 0. The van der Waals surface area contributed by atoms with Crippen molar-refractivity contribution in [1.29, 1.82) is 0 Å². The van der Waals surface area contributed by atoms with Crippen molar-refractivity contribution in [2.24, 2.45) is 0 Å². The molecule has 5 heteroatoms. The molecule has 0 aliphatic rings. The van der Waals surface area contributed by atoms with Gasteiger partial charge in [-0.3, -0.25) is 0 Å². The predicted octanol–water partition coefficient (Wildman–Crippen LogP) is 0.0423. The third kappa shape index (κ3) is 18.4. The zero-order valence-corrected chi connectivity index (χ0v) is 7.20. The van der Waals surface area contributed by atoms with Crippen LogP contribution in [0.3, 0.4) is 0 Å². The van der Waals surface area contributed by atoms with E-state index < -0.39 is 11.9 Å². The Kier molecular flexibility index (Phi) is 19.6. The van der Waals surface area contributed by atoms with Crippen molar-refractivity contribution in [3.8, 4) is 0 Å². The fourth-order valence-corrected chi connectivity index (χ4v) is 0.167. The fraction of sp³-hybridized carbons (Fsp3) is 0.250. The van der Waals surface area contributed by atoms with Gasteiger partial charge in [0.25, 0.3) is 0 Å². The van der Waals surface area contributed by atoms with E-state index in [1.165, 1.54) is 14.2 Å². The van der Waals surface area contributed by atoms with E-state index in [2.05, 4.69) is 22.6 Å². The van der Waals surface area contributed by atoms with Gasteiger partial charge in [-0.2, -0.15) is 0 Å². The zero-order valence-electron chi connectivity index (χ0n) is 7.20. The first-order valence-corrected chi connectivity index (χ1v) is 3.03. The number of esters is 2. The van der Waals surface area contributed by atoms with Crippen molar-refractivity contribution >= 4 is 41.5 Å². The molecule has 0 aromatic heterocycles. The number of rotatable bonds is 2. The minimum absolute atomic E-state index is 0. The number of hydrogen-bond acceptors (Lipinski definition) is 4. The summed E-state index contributed by atoms with van der Waals surface area (Å²) >= 11 is 0. The normalized spacial score (nSPS) is 6.31. The second-order valence-electron chi connectivity index (χ2n) is 1.45. The SMILES string of the molecule is C=CC(=O)OC.C=CC(=O)OC.[NaH]. The molecule has 0 unspecified atom stereocenters. The van der Waals surface area contributed by atoms with Gasteiger partial charge in [0.15, 0.2) is 0 Å². The van der Waals surface area contributed by atoms with Crippen LogP contribution in [0.4, 0.5) is 0 Å². The predicted molar refractivity (Wildman–Crippen MR) is 51.6 cm³/mol. The molecule has 0 aromatic rings. The van der Waals surface area contributed by atoms with Gasteiger partial charge in [0, 0.05) is 12.2 Å². The second-order valence-corrected chi connectivity index (χ2v) is 1.45. The molecule has 0 atom stereocenters. The Morgan fingerprint density at radius 1 is 1.00 bits per heavy atom. The molecular weight excluding hydrogens is 183 g/mol. The summed E-state index contributed by atoms with van der Waals surface area (Å²) in [5.74, 6) is -0.787. The summed E-state index contributed by atoms with van der Waals surface area (Å²) in [6, 6.07) is 0. The molecule has 70 valence electrons. The van der Waals surface area contributed by atoms with Crippen LogP contribution in [0.1, 0.15) is 0 Å². The fourth-order valence-electron chi connectivity index (χ4n) is 0.167. The van der Waals surface area contributed by atoms with Gasteiger partial charge in [0.2, 0.25) is 0 Å². The molecule has 13 heavy (non-hydrogen) atoms. The van der Waals surface area contributed by atoms with E-state index in [-0.39, 0.29) is 29.6 Å². The molecule has 0 heterocycles. The average Bonchev–Trinajstić information content (AvgIpc) is 2.16. The molecule has 0 saturated heterocycles. The minimum atomic E-state index is -0.394. The van der Waals surface area contributed by atoms with Crippen molar-refractivity contribution in [3.63, 3.8) is 0 Å². The first-order chi connectivity index (χ1) is 5.62. The van der Waals surface area contributed by atoms with Crippen LogP contribution in [0, 0.1) is 0 Å². The van der Waals surface area contributed by atoms with Crippen LogP contribution in [0.15, 0.2) is 25.3 Å². The Labute approximate surface area is 99.9 Å². The molecule has 0 aliphatic heterocycles. The van der Waals surface area contributed by atoms with Crippen LogP contribution < -0.4 is 0 Å². The average molecular weight is 196 g/mol. The first kappa shape index (κ1) is 18.3. The maximum absolute atomic E-state index is 9.84. The standard InChI is InChI=1S/2C4H6O2.Na.H/c2*1-3-4(5)6-2;;/h2*3H,1H2,2H3;;.